The highest BCUT2D eigenvalue weighted by Gasteiger charge is 2.36. The molecule has 2 atom stereocenters. The minimum absolute atomic E-state index is 0.474. The van der Waals surface area contributed by atoms with Gasteiger partial charge in [0.25, 0.3) is 0 Å². The maximum Gasteiger partial charge on any atom is 0.131 e. The predicted molar refractivity (Wildman–Crippen MR) is 73.6 cm³/mol. The minimum Gasteiger partial charge on any atom is -0.321 e. The lowest BCUT2D eigenvalue weighted by atomic mass is 9.70. The van der Waals surface area contributed by atoms with Crippen LogP contribution in [0.4, 0.5) is 8.78 Å². The van der Waals surface area contributed by atoms with Gasteiger partial charge in [0.15, 0.2) is 0 Å². The highest BCUT2D eigenvalue weighted by atomic mass is 19.1. The van der Waals surface area contributed by atoms with Gasteiger partial charge in [-0.25, -0.2) is 8.78 Å². The molecule has 1 saturated carbocycles. The highest BCUT2D eigenvalue weighted by Crippen LogP contribution is 2.41. The molecule has 1 fully saturated rings. The van der Waals surface area contributed by atoms with Crippen LogP contribution in [0.1, 0.15) is 51.5 Å². The molecule has 1 aliphatic rings. The van der Waals surface area contributed by atoms with Crippen molar-refractivity contribution < 1.29 is 8.78 Å². The van der Waals surface area contributed by atoms with Gasteiger partial charge in [-0.15, -0.1) is 0 Å². The summed E-state index contributed by atoms with van der Waals surface area (Å²) in [6, 6.07) is 3.76. The van der Waals surface area contributed by atoms with Crippen molar-refractivity contribution in [2.45, 2.75) is 51.5 Å². The Labute approximate surface area is 114 Å². The molecule has 0 heterocycles. The van der Waals surface area contributed by atoms with Crippen molar-refractivity contribution in [2.24, 2.45) is 17.6 Å². The van der Waals surface area contributed by atoms with Crippen molar-refractivity contribution in [3.63, 3.8) is 0 Å². The van der Waals surface area contributed by atoms with E-state index in [1.807, 2.05) is 0 Å². The second-order valence-corrected chi connectivity index (χ2v) is 6.37. The molecular weight excluding hydrogens is 244 g/mol. The molecule has 1 nitrogen and oxygen atoms in total. The van der Waals surface area contributed by atoms with Crippen LogP contribution in [0.5, 0.6) is 0 Å². The van der Waals surface area contributed by atoms with Crippen LogP contribution in [0, 0.1) is 23.5 Å². The summed E-state index contributed by atoms with van der Waals surface area (Å²) in [6.45, 7) is 4.40. The van der Waals surface area contributed by atoms with Gasteiger partial charge in [0.05, 0.1) is 0 Å². The van der Waals surface area contributed by atoms with E-state index in [0.717, 1.165) is 31.7 Å². The molecule has 3 heteroatoms. The maximum absolute atomic E-state index is 13.9. The van der Waals surface area contributed by atoms with Crippen LogP contribution in [0.15, 0.2) is 18.2 Å². The van der Waals surface area contributed by atoms with E-state index in [1.165, 1.54) is 18.6 Å². The van der Waals surface area contributed by atoms with Gasteiger partial charge in [0.1, 0.15) is 11.6 Å². The fourth-order valence-electron chi connectivity index (χ4n) is 3.43. The Kier molecular flexibility index (Phi) is 4.24. The summed E-state index contributed by atoms with van der Waals surface area (Å²) in [6.07, 6.45) is 4.89. The minimum atomic E-state index is -0.629. The van der Waals surface area contributed by atoms with Crippen LogP contribution in [0.3, 0.4) is 0 Å². The molecule has 2 N–H and O–H groups in total. The fourth-order valence-corrected chi connectivity index (χ4v) is 3.43. The molecular formula is C16H23F2N. The quantitative estimate of drug-likeness (QED) is 0.865. The Morgan fingerprint density at radius 1 is 1.37 bits per heavy atom. The molecule has 0 aliphatic heterocycles. The van der Waals surface area contributed by atoms with E-state index in [9.17, 15) is 8.78 Å². The first-order valence-electron chi connectivity index (χ1n) is 7.15. The van der Waals surface area contributed by atoms with E-state index in [-0.39, 0.29) is 0 Å². The van der Waals surface area contributed by atoms with Crippen molar-refractivity contribution in [3.8, 4) is 0 Å². The lowest BCUT2D eigenvalue weighted by molar-refractivity contribution is 0.198. The molecule has 1 aromatic rings. The third kappa shape index (κ3) is 3.33. The average Bonchev–Trinajstić information content (AvgIpc) is 2.27. The normalized spacial score (nSPS) is 27.8. The van der Waals surface area contributed by atoms with E-state index in [4.69, 9.17) is 5.73 Å². The monoisotopic (exact) mass is 267 g/mol. The van der Waals surface area contributed by atoms with Gasteiger partial charge in [-0.05, 0) is 37.2 Å². The summed E-state index contributed by atoms with van der Waals surface area (Å²) in [5, 5.41) is 0. The van der Waals surface area contributed by atoms with Gasteiger partial charge < -0.3 is 5.73 Å². The van der Waals surface area contributed by atoms with Gasteiger partial charge in [0.2, 0.25) is 0 Å². The number of halogens is 2. The van der Waals surface area contributed by atoms with Crippen LogP contribution < -0.4 is 5.73 Å². The zero-order valence-corrected chi connectivity index (χ0v) is 11.8. The number of rotatable bonds is 3. The van der Waals surface area contributed by atoms with E-state index in [0.29, 0.717) is 17.4 Å². The average molecular weight is 267 g/mol. The van der Waals surface area contributed by atoms with Crippen molar-refractivity contribution in [1.29, 1.82) is 0 Å². The van der Waals surface area contributed by atoms with Crippen molar-refractivity contribution in [1.82, 2.24) is 0 Å². The molecule has 19 heavy (non-hydrogen) atoms. The van der Waals surface area contributed by atoms with Crippen molar-refractivity contribution in [3.05, 3.63) is 35.4 Å². The molecule has 1 aliphatic carbocycles. The van der Waals surface area contributed by atoms with Gasteiger partial charge >= 0.3 is 0 Å². The summed E-state index contributed by atoms with van der Waals surface area (Å²) in [5.41, 5.74) is 6.28. The van der Waals surface area contributed by atoms with Crippen LogP contribution in [0.2, 0.25) is 0 Å². The standard InChI is InChI=1S/C16H23F2N/c1-11(2)8-12-4-3-7-16(19,10-12)14-6-5-13(17)9-15(14)18/h5-6,9,11-12H,3-4,7-8,10,19H2,1-2H3. The molecule has 0 radical (unpaired) electrons. The lowest BCUT2D eigenvalue weighted by Crippen LogP contribution is -2.42. The van der Waals surface area contributed by atoms with Crippen LogP contribution in [-0.2, 0) is 5.54 Å². The first-order valence-corrected chi connectivity index (χ1v) is 7.15. The zero-order valence-electron chi connectivity index (χ0n) is 11.8. The van der Waals surface area contributed by atoms with Gasteiger partial charge in [-0.1, -0.05) is 32.8 Å². The molecule has 1 aromatic carbocycles. The Morgan fingerprint density at radius 2 is 2.11 bits per heavy atom. The van der Waals surface area contributed by atoms with Crippen LogP contribution in [0.25, 0.3) is 0 Å². The summed E-state index contributed by atoms with van der Waals surface area (Å²) in [4.78, 5) is 0. The van der Waals surface area contributed by atoms with Crippen LogP contribution >= 0.6 is 0 Å². The molecule has 0 amide bonds. The summed E-state index contributed by atoms with van der Waals surface area (Å²) >= 11 is 0. The third-order valence-corrected chi connectivity index (χ3v) is 4.16. The summed E-state index contributed by atoms with van der Waals surface area (Å²) in [7, 11) is 0. The first kappa shape index (κ1) is 14.4. The summed E-state index contributed by atoms with van der Waals surface area (Å²) in [5.74, 6) is 0.126. The number of nitrogens with two attached hydrogens (primary N) is 1. The lowest BCUT2D eigenvalue weighted by Gasteiger charge is -2.39. The smallest absolute Gasteiger partial charge is 0.131 e. The van der Waals surface area contributed by atoms with E-state index in [2.05, 4.69) is 13.8 Å². The second-order valence-electron chi connectivity index (χ2n) is 6.37. The first-order chi connectivity index (χ1) is 8.90. The van der Waals surface area contributed by atoms with E-state index < -0.39 is 17.2 Å². The number of benzene rings is 1. The topological polar surface area (TPSA) is 26.0 Å². The summed E-state index contributed by atoms with van der Waals surface area (Å²) < 4.78 is 27.0. The molecule has 2 rings (SSSR count). The largest absolute Gasteiger partial charge is 0.321 e. The van der Waals surface area contributed by atoms with Gasteiger partial charge in [-0.3, -0.25) is 0 Å². The number of hydrogen-bond donors (Lipinski definition) is 1. The molecule has 0 saturated heterocycles. The SMILES string of the molecule is CC(C)CC1CCCC(N)(c2ccc(F)cc2F)C1. The Balaban J connectivity index is 2.21. The Bertz CT molecular complexity index is 444. The fraction of sp³-hybridized carbons (Fsp3) is 0.625. The van der Waals surface area contributed by atoms with Gasteiger partial charge in [-0.2, -0.15) is 0 Å². The van der Waals surface area contributed by atoms with Crippen molar-refractivity contribution in [2.75, 3.05) is 0 Å². The molecule has 0 spiro atoms. The zero-order chi connectivity index (χ0) is 14.0. The Morgan fingerprint density at radius 3 is 2.74 bits per heavy atom. The maximum atomic E-state index is 13.9. The second kappa shape index (κ2) is 5.58. The molecule has 0 bridgehead atoms. The molecule has 0 aromatic heterocycles. The number of hydrogen-bond acceptors (Lipinski definition) is 1. The third-order valence-electron chi connectivity index (χ3n) is 4.16. The highest BCUT2D eigenvalue weighted by molar-refractivity contribution is 5.27. The predicted octanol–water partition coefficient (Wildman–Crippen LogP) is 4.36. The molecule has 2 unspecified atom stereocenters. The Hall–Kier alpha value is -0.960. The van der Waals surface area contributed by atoms with Gasteiger partial charge in [0, 0.05) is 17.2 Å². The molecule has 106 valence electrons. The van der Waals surface area contributed by atoms with E-state index in [1.54, 1.807) is 0 Å². The van der Waals surface area contributed by atoms with Crippen LogP contribution in [-0.4, -0.2) is 0 Å². The van der Waals surface area contributed by atoms with E-state index >= 15 is 0 Å². The van der Waals surface area contributed by atoms with Crippen molar-refractivity contribution >= 4 is 0 Å².